The zero-order valence-electron chi connectivity index (χ0n) is 12.0. The van der Waals surface area contributed by atoms with Crippen molar-refractivity contribution in [3.05, 3.63) is 60.2 Å². The molecule has 0 heterocycles. The maximum atomic E-state index is 12.5. The highest BCUT2D eigenvalue weighted by Gasteiger charge is 2.17. The first kappa shape index (κ1) is 14.1. The van der Waals surface area contributed by atoms with E-state index in [0.29, 0.717) is 5.56 Å². The van der Waals surface area contributed by atoms with Crippen molar-refractivity contribution in [1.82, 2.24) is 0 Å². The average molecular weight is 294 g/mol. The summed E-state index contributed by atoms with van der Waals surface area (Å²) in [6.07, 6.45) is 0. The van der Waals surface area contributed by atoms with Crippen LogP contribution in [0.2, 0.25) is 0 Å². The molecule has 0 unspecified atom stereocenters. The van der Waals surface area contributed by atoms with Gasteiger partial charge in [0.05, 0.1) is 12.7 Å². The largest absolute Gasteiger partial charge is 0.466 e. The number of hydrogen-bond donors (Lipinski definition) is 0. The summed E-state index contributed by atoms with van der Waals surface area (Å²) in [5.74, 6) is -1.11. The summed E-state index contributed by atoms with van der Waals surface area (Å²) in [4.78, 5) is 23.6. The Hall–Kier alpha value is -2.88. The number of methoxy groups -OCH3 is 1. The van der Waals surface area contributed by atoms with Crippen molar-refractivity contribution in [3.8, 4) is 0 Å². The minimum Gasteiger partial charge on any atom is -0.466 e. The SMILES string of the molecule is COC(=O)COC(=O)c1c2ccccc2cc2ccccc12. The van der Waals surface area contributed by atoms with E-state index in [9.17, 15) is 9.59 Å². The quantitative estimate of drug-likeness (QED) is 0.549. The van der Waals surface area contributed by atoms with E-state index in [1.54, 1.807) is 0 Å². The molecule has 3 rings (SSSR count). The highest BCUT2D eigenvalue weighted by molar-refractivity contribution is 6.16. The summed E-state index contributed by atoms with van der Waals surface area (Å²) < 4.78 is 9.58. The van der Waals surface area contributed by atoms with Gasteiger partial charge in [-0.3, -0.25) is 0 Å². The van der Waals surface area contributed by atoms with Crippen LogP contribution in [-0.2, 0) is 14.3 Å². The van der Waals surface area contributed by atoms with Gasteiger partial charge in [-0.05, 0) is 27.6 Å². The molecule has 0 saturated carbocycles. The van der Waals surface area contributed by atoms with Crippen molar-refractivity contribution in [2.45, 2.75) is 0 Å². The van der Waals surface area contributed by atoms with Gasteiger partial charge in [-0.1, -0.05) is 48.5 Å². The number of fused-ring (bicyclic) bond motifs is 2. The molecule has 0 amide bonds. The van der Waals surface area contributed by atoms with E-state index < -0.39 is 18.5 Å². The van der Waals surface area contributed by atoms with E-state index in [2.05, 4.69) is 4.74 Å². The first-order valence-corrected chi connectivity index (χ1v) is 6.85. The van der Waals surface area contributed by atoms with Gasteiger partial charge in [-0.2, -0.15) is 0 Å². The third-order valence-corrected chi connectivity index (χ3v) is 3.52. The predicted octanol–water partition coefficient (Wildman–Crippen LogP) is 3.32. The monoisotopic (exact) mass is 294 g/mol. The molecule has 0 atom stereocenters. The lowest BCUT2D eigenvalue weighted by Crippen LogP contribution is -2.15. The fraction of sp³-hybridized carbons (Fsp3) is 0.111. The smallest absolute Gasteiger partial charge is 0.344 e. The topological polar surface area (TPSA) is 52.6 Å². The highest BCUT2D eigenvalue weighted by Crippen LogP contribution is 2.29. The summed E-state index contributed by atoms with van der Waals surface area (Å²) in [5.41, 5.74) is 0.470. The second-order valence-corrected chi connectivity index (χ2v) is 4.85. The van der Waals surface area contributed by atoms with E-state index in [0.717, 1.165) is 21.5 Å². The van der Waals surface area contributed by atoms with Gasteiger partial charge in [0.1, 0.15) is 0 Å². The number of benzene rings is 3. The van der Waals surface area contributed by atoms with Crippen molar-refractivity contribution >= 4 is 33.5 Å². The number of hydrogen-bond acceptors (Lipinski definition) is 4. The summed E-state index contributed by atoms with van der Waals surface area (Å²) in [5, 5.41) is 3.50. The first-order valence-electron chi connectivity index (χ1n) is 6.85. The number of ether oxygens (including phenoxy) is 2. The van der Waals surface area contributed by atoms with Crippen LogP contribution in [0.1, 0.15) is 10.4 Å². The Balaban J connectivity index is 2.15. The Morgan fingerprint density at radius 3 is 2.00 bits per heavy atom. The van der Waals surface area contributed by atoms with E-state index in [1.165, 1.54) is 7.11 Å². The van der Waals surface area contributed by atoms with Gasteiger partial charge < -0.3 is 9.47 Å². The Labute approximate surface area is 127 Å². The number of carbonyl (C=O) groups excluding carboxylic acids is 2. The summed E-state index contributed by atoms with van der Waals surface area (Å²) >= 11 is 0. The van der Waals surface area contributed by atoms with E-state index in [1.807, 2.05) is 54.6 Å². The Kier molecular flexibility index (Phi) is 3.74. The van der Waals surface area contributed by atoms with E-state index in [-0.39, 0.29) is 0 Å². The summed E-state index contributed by atoms with van der Waals surface area (Å²) in [6.45, 7) is -0.396. The second-order valence-electron chi connectivity index (χ2n) is 4.85. The highest BCUT2D eigenvalue weighted by atomic mass is 16.6. The molecule has 0 N–H and O–H groups in total. The molecule has 4 heteroatoms. The Morgan fingerprint density at radius 1 is 0.909 bits per heavy atom. The van der Waals surface area contributed by atoms with Gasteiger partial charge in [-0.25, -0.2) is 9.59 Å². The van der Waals surface area contributed by atoms with E-state index >= 15 is 0 Å². The van der Waals surface area contributed by atoms with Crippen LogP contribution in [-0.4, -0.2) is 25.7 Å². The average Bonchev–Trinajstić information content (AvgIpc) is 2.57. The van der Waals surface area contributed by atoms with Crippen molar-refractivity contribution in [2.24, 2.45) is 0 Å². The van der Waals surface area contributed by atoms with Crippen LogP contribution >= 0.6 is 0 Å². The van der Waals surface area contributed by atoms with Crippen molar-refractivity contribution in [2.75, 3.05) is 13.7 Å². The van der Waals surface area contributed by atoms with Gasteiger partial charge in [-0.15, -0.1) is 0 Å². The van der Waals surface area contributed by atoms with E-state index in [4.69, 9.17) is 4.74 Å². The number of carbonyl (C=O) groups is 2. The van der Waals surface area contributed by atoms with Crippen LogP contribution in [0.15, 0.2) is 54.6 Å². The molecular formula is C18H14O4. The van der Waals surface area contributed by atoms with Gasteiger partial charge in [0.15, 0.2) is 6.61 Å². The lowest BCUT2D eigenvalue weighted by Gasteiger charge is -2.10. The van der Waals surface area contributed by atoms with Crippen molar-refractivity contribution < 1.29 is 19.1 Å². The van der Waals surface area contributed by atoms with Gasteiger partial charge in [0, 0.05) is 0 Å². The van der Waals surface area contributed by atoms with Gasteiger partial charge in [0.25, 0.3) is 0 Å². The van der Waals surface area contributed by atoms with Crippen LogP contribution in [0, 0.1) is 0 Å². The molecule has 0 radical (unpaired) electrons. The van der Waals surface area contributed by atoms with Gasteiger partial charge in [0.2, 0.25) is 0 Å². The maximum Gasteiger partial charge on any atom is 0.344 e. The molecule has 0 bridgehead atoms. The fourth-order valence-corrected chi connectivity index (χ4v) is 2.49. The van der Waals surface area contributed by atoms with Crippen LogP contribution in [0.5, 0.6) is 0 Å². The zero-order valence-corrected chi connectivity index (χ0v) is 12.0. The molecule has 3 aromatic rings. The fourth-order valence-electron chi connectivity index (χ4n) is 2.49. The zero-order chi connectivity index (χ0) is 15.5. The van der Waals surface area contributed by atoms with Crippen LogP contribution in [0.4, 0.5) is 0 Å². The predicted molar refractivity (Wildman–Crippen MR) is 83.8 cm³/mol. The Bertz CT molecular complexity index is 813. The lowest BCUT2D eigenvalue weighted by molar-refractivity contribution is -0.144. The standard InChI is InChI=1S/C18H14O4/c1-21-16(19)11-22-18(20)17-14-8-4-2-6-12(14)10-13-7-3-5-9-15(13)17/h2-10H,11H2,1H3. The van der Waals surface area contributed by atoms with Gasteiger partial charge >= 0.3 is 11.9 Å². The van der Waals surface area contributed by atoms with Crippen LogP contribution < -0.4 is 0 Å². The molecule has 0 aliphatic heterocycles. The first-order chi connectivity index (χ1) is 10.7. The van der Waals surface area contributed by atoms with Crippen molar-refractivity contribution in [1.29, 1.82) is 0 Å². The third-order valence-electron chi connectivity index (χ3n) is 3.52. The number of esters is 2. The van der Waals surface area contributed by atoms with Crippen LogP contribution in [0.3, 0.4) is 0 Å². The Morgan fingerprint density at radius 2 is 1.45 bits per heavy atom. The molecule has 0 aromatic heterocycles. The lowest BCUT2D eigenvalue weighted by atomic mass is 9.97. The molecule has 0 spiro atoms. The van der Waals surface area contributed by atoms with Crippen LogP contribution in [0.25, 0.3) is 21.5 Å². The second kappa shape index (κ2) is 5.85. The molecule has 110 valence electrons. The molecule has 0 aliphatic rings. The molecule has 4 nitrogen and oxygen atoms in total. The molecule has 0 saturated heterocycles. The molecule has 0 fully saturated rings. The molecule has 0 aliphatic carbocycles. The third kappa shape index (κ3) is 2.51. The molecular weight excluding hydrogens is 280 g/mol. The normalized spacial score (nSPS) is 10.6. The maximum absolute atomic E-state index is 12.5. The minimum atomic E-state index is -0.585. The minimum absolute atomic E-state index is 0.396. The summed E-state index contributed by atoms with van der Waals surface area (Å²) in [7, 11) is 1.25. The summed E-state index contributed by atoms with van der Waals surface area (Å²) in [6, 6.07) is 17.2. The molecule has 3 aromatic carbocycles. The number of rotatable bonds is 3. The van der Waals surface area contributed by atoms with Crippen molar-refractivity contribution in [3.63, 3.8) is 0 Å². The molecule has 22 heavy (non-hydrogen) atoms.